The largest absolute Gasteiger partial charge is 0.254 e. The Morgan fingerprint density at radius 1 is 0.941 bits per heavy atom. The first kappa shape index (κ1) is 12.5. The van der Waals surface area contributed by atoms with Crippen LogP contribution in [0.5, 0.6) is 0 Å². The van der Waals surface area contributed by atoms with Crippen molar-refractivity contribution >= 4 is 26.7 Å². The van der Waals surface area contributed by atoms with Gasteiger partial charge in [0, 0.05) is 15.1 Å². The van der Waals surface area contributed by atoms with E-state index in [9.17, 15) is 4.21 Å². The zero-order valence-electron chi connectivity index (χ0n) is 9.30. The van der Waals surface area contributed by atoms with Crippen LogP contribution < -0.4 is 0 Å². The highest BCUT2D eigenvalue weighted by Crippen LogP contribution is 2.17. The highest BCUT2D eigenvalue weighted by Gasteiger charge is 2.05. The third-order valence-corrected chi connectivity index (χ3v) is 4.67. The van der Waals surface area contributed by atoms with Crippen LogP contribution in [0.3, 0.4) is 0 Å². The average Bonchev–Trinajstić information content (AvgIpc) is 2.38. The summed E-state index contributed by atoms with van der Waals surface area (Å²) in [6.45, 7) is 0. The van der Waals surface area contributed by atoms with Gasteiger partial charge in [-0.05, 0) is 30.2 Å². The van der Waals surface area contributed by atoms with Crippen molar-refractivity contribution in [2.45, 2.75) is 11.3 Å². The van der Waals surface area contributed by atoms with Crippen molar-refractivity contribution in [3.8, 4) is 0 Å². The molecule has 0 heterocycles. The zero-order valence-corrected chi connectivity index (χ0v) is 11.7. The lowest BCUT2D eigenvalue weighted by Gasteiger charge is -2.04. The van der Waals surface area contributed by atoms with E-state index in [4.69, 9.17) is 0 Å². The molecule has 2 aromatic rings. The number of aryl methyl sites for hydroxylation is 1. The van der Waals surface area contributed by atoms with Crippen molar-refractivity contribution in [2.75, 3.05) is 5.75 Å². The molecule has 1 nitrogen and oxygen atoms in total. The summed E-state index contributed by atoms with van der Waals surface area (Å²) in [6, 6.07) is 17.7. The Balaban J connectivity index is 2.00. The van der Waals surface area contributed by atoms with E-state index in [0.717, 1.165) is 15.8 Å². The molecule has 0 radical (unpaired) electrons. The fourth-order valence-electron chi connectivity index (χ4n) is 1.59. The van der Waals surface area contributed by atoms with Gasteiger partial charge in [0.05, 0.1) is 10.8 Å². The smallest absolute Gasteiger partial charge is 0.0532 e. The molecule has 0 aliphatic rings. The van der Waals surface area contributed by atoms with Crippen LogP contribution >= 0.6 is 15.9 Å². The lowest BCUT2D eigenvalue weighted by molar-refractivity contribution is 0.682. The normalized spacial score (nSPS) is 12.3. The summed E-state index contributed by atoms with van der Waals surface area (Å²) >= 11 is 3.50. The predicted octanol–water partition coefficient (Wildman–Crippen LogP) is 3.80. The van der Waals surface area contributed by atoms with E-state index in [2.05, 4.69) is 22.0 Å². The second kappa shape index (κ2) is 6.12. The van der Waals surface area contributed by atoms with Crippen LogP contribution in [-0.2, 0) is 17.2 Å². The highest BCUT2D eigenvalue weighted by molar-refractivity contribution is 9.10. The molecule has 17 heavy (non-hydrogen) atoms. The van der Waals surface area contributed by atoms with Crippen LogP contribution in [0.1, 0.15) is 5.56 Å². The van der Waals surface area contributed by atoms with Crippen LogP contribution in [0, 0.1) is 0 Å². The Morgan fingerprint density at radius 2 is 1.59 bits per heavy atom. The van der Waals surface area contributed by atoms with E-state index >= 15 is 0 Å². The summed E-state index contributed by atoms with van der Waals surface area (Å²) in [4.78, 5) is 0.902. The summed E-state index contributed by atoms with van der Waals surface area (Å²) in [7, 11) is -0.913. The molecule has 0 aromatic heterocycles. The fourth-order valence-corrected chi connectivity index (χ4v) is 3.18. The van der Waals surface area contributed by atoms with Gasteiger partial charge in [-0.1, -0.05) is 52.3 Å². The molecule has 0 aliphatic carbocycles. The van der Waals surface area contributed by atoms with E-state index in [1.54, 1.807) is 0 Å². The summed E-state index contributed by atoms with van der Waals surface area (Å²) in [6.07, 6.45) is 0.822. The SMILES string of the molecule is O=[S@](CCc1ccccc1Br)c1ccccc1. The second-order valence-electron chi connectivity index (χ2n) is 3.70. The van der Waals surface area contributed by atoms with Crippen molar-refractivity contribution in [1.29, 1.82) is 0 Å². The minimum absolute atomic E-state index is 0.659. The predicted molar refractivity (Wildman–Crippen MR) is 75.6 cm³/mol. The summed E-state index contributed by atoms with van der Waals surface area (Å²) in [5.41, 5.74) is 1.21. The van der Waals surface area contributed by atoms with E-state index in [1.165, 1.54) is 5.56 Å². The molecule has 3 heteroatoms. The third kappa shape index (κ3) is 3.51. The Bertz CT molecular complexity index is 511. The Hall–Kier alpha value is -0.930. The standard InChI is InChI=1S/C14H13BrOS/c15-14-9-5-4-6-12(14)10-11-17(16)13-7-2-1-3-8-13/h1-9H,10-11H2/t17-/m1/s1. The molecule has 0 aliphatic heterocycles. The van der Waals surface area contributed by atoms with Crippen LogP contribution in [0.4, 0.5) is 0 Å². The minimum atomic E-state index is -0.913. The summed E-state index contributed by atoms with van der Waals surface area (Å²) < 4.78 is 13.1. The van der Waals surface area contributed by atoms with E-state index in [0.29, 0.717) is 5.75 Å². The number of rotatable bonds is 4. The van der Waals surface area contributed by atoms with E-state index in [1.807, 2.05) is 48.5 Å². The molecule has 0 N–H and O–H groups in total. The van der Waals surface area contributed by atoms with Crippen LogP contribution in [-0.4, -0.2) is 9.96 Å². The molecule has 0 unspecified atom stereocenters. The Morgan fingerprint density at radius 3 is 2.29 bits per heavy atom. The maximum atomic E-state index is 12.0. The van der Waals surface area contributed by atoms with E-state index in [-0.39, 0.29) is 0 Å². The van der Waals surface area contributed by atoms with Gasteiger partial charge in [-0.15, -0.1) is 0 Å². The van der Waals surface area contributed by atoms with Crippen molar-refractivity contribution in [3.05, 3.63) is 64.6 Å². The second-order valence-corrected chi connectivity index (χ2v) is 6.13. The monoisotopic (exact) mass is 308 g/mol. The Kier molecular flexibility index (Phi) is 4.51. The summed E-state index contributed by atoms with van der Waals surface area (Å²) in [5, 5.41) is 0. The topological polar surface area (TPSA) is 17.1 Å². The van der Waals surface area contributed by atoms with Gasteiger partial charge >= 0.3 is 0 Å². The van der Waals surface area contributed by atoms with Gasteiger partial charge < -0.3 is 0 Å². The van der Waals surface area contributed by atoms with Crippen molar-refractivity contribution in [3.63, 3.8) is 0 Å². The molecule has 0 bridgehead atoms. The maximum absolute atomic E-state index is 12.0. The first-order chi connectivity index (χ1) is 8.27. The van der Waals surface area contributed by atoms with Gasteiger partial charge in [0.15, 0.2) is 0 Å². The van der Waals surface area contributed by atoms with Gasteiger partial charge in [0.25, 0.3) is 0 Å². The molecule has 2 aromatic carbocycles. The number of hydrogen-bond donors (Lipinski definition) is 0. The van der Waals surface area contributed by atoms with Gasteiger partial charge in [0.2, 0.25) is 0 Å². The van der Waals surface area contributed by atoms with Gasteiger partial charge in [-0.25, -0.2) is 0 Å². The first-order valence-corrected chi connectivity index (χ1v) is 7.55. The molecule has 88 valence electrons. The Labute approximate surface area is 112 Å². The van der Waals surface area contributed by atoms with Crippen LogP contribution in [0.2, 0.25) is 0 Å². The van der Waals surface area contributed by atoms with Gasteiger partial charge in [-0.3, -0.25) is 4.21 Å². The molecule has 0 fully saturated rings. The quantitative estimate of drug-likeness (QED) is 0.839. The van der Waals surface area contributed by atoms with Crippen molar-refractivity contribution in [2.24, 2.45) is 0 Å². The minimum Gasteiger partial charge on any atom is -0.254 e. The summed E-state index contributed by atoms with van der Waals surface area (Å²) in [5.74, 6) is 0.659. The fraction of sp³-hybridized carbons (Fsp3) is 0.143. The van der Waals surface area contributed by atoms with Gasteiger partial charge in [0.1, 0.15) is 0 Å². The average molecular weight is 309 g/mol. The molecule has 0 spiro atoms. The number of halogens is 1. The third-order valence-electron chi connectivity index (χ3n) is 2.52. The van der Waals surface area contributed by atoms with Crippen molar-refractivity contribution < 1.29 is 4.21 Å². The lowest BCUT2D eigenvalue weighted by atomic mass is 10.2. The van der Waals surface area contributed by atoms with Crippen LogP contribution in [0.25, 0.3) is 0 Å². The molecular formula is C14H13BrOS. The molecule has 0 saturated carbocycles. The number of hydrogen-bond acceptors (Lipinski definition) is 1. The highest BCUT2D eigenvalue weighted by atomic mass is 79.9. The molecule has 0 saturated heterocycles. The number of benzene rings is 2. The molecule has 1 atom stereocenters. The van der Waals surface area contributed by atoms with Gasteiger partial charge in [-0.2, -0.15) is 0 Å². The molecule has 0 amide bonds. The molecular weight excluding hydrogens is 296 g/mol. The molecule has 2 rings (SSSR count). The maximum Gasteiger partial charge on any atom is 0.0532 e. The zero-order chi connectivity index (χ0) is 12.1. The van der Waals surface area contributed by atoms with Crippen molar-refractivity contribution in [1.82, 2.24) is 0 Å². The van der Waals surface area contributed by atoms with E-state index < -0.39 is 10.8 Å². The van der Waals surface area contributed by atoms with Crippen LogP contribution in [0.15, 0.2) is 64.0 Å². The first-order valence-electron chi connectivity index (χ1n) is 5.44. The lowest BCUT2D eigenvalue weighted by Crippen LogP contribution is -2.01.